The fourth-order valence-corrected chi connectivity index (χ4v) is 3.88. The number of para-hydroxylation sites is 1. The Hall–Kier alpha value is -2.53. The van der Waals surface area contributed by atoms with Crippen LogP contribution in [0.5, 0.6) is 0 Å². The minimum Gasteiger partial charge on any atom is -0.359 e. The van der Waals surface area contributed by atoms with Crippen molar-refractivity contribution >= 4 is 16.7 Å². The SMILES string of the molecule is CN1CCCC(CN(C)c2nc(-c3ccncc3)nc3ccccc23)C1. The average molecular weight is 347 g/mol. The van der Waals surface area contributed by atoms with Crippen LogP contribution >= 0.6 is 0 Å². The Bertz CT molecular complexity index is 880. The Morgan fingerprint density at radius 3 is 2.73 bits per heavy atom. The molecule has 0 N–H and O–H groups in total. The van der Waals surface area contributed by atoms with E-state index in [1.807, 2.05) is 18.2 Å². The molecule has 134 valence electrons. The number of piperidine rings is 1. The van der Waals surface area contributed by atoms with Crippen LogP contribution in [0.1, 0.15) is 12.8 Å². The molecule has 1 aliphatic rings. The maximum absolute atomic E-state index is 4.93. The third-order valence-electron chi connectivity index (χ3n) is 5.14. The maximum atomic E-state index is 4.93. The summed E-state index contributed by atoms with van der Waals surface area (Å²) in [5, 5.41) is 1.11. The highest BCUT2D eigenvalue weighted by Gasteiger charge is 2.21. The molecule has 4 rings (SSSR count). The van der Waals surface area contributed by atoms with E-state index < -0.39 is 0 Å². The van der Waals surface area contributed by atoms with E-state index in [4.69, 9.17) is 9.97 Å². The van der Waals surface area contributed by atoms with E-state index in [0.717, 1.165) is 41.2 Å². The normalized spacial score (nSPS) is 18.2. The second-order valence-corrected chi connectivity index (χ2v) is 7.27. The molecule has 3 heterocycles. The lowest BCUT2D eigenvalue weighted by Gasteiger charge is -2.33. The summed E-state index contributed by atoms with van der Waals surface area (Å²) in [6.07, 6.45) is 6.14. The molecular formula is C21H25N5. The van der Waals surface area contributed by atoms with Crippen molar-refractivity contribution in [3.8, 4) is 11.4 Å². The van der Waals surface area contributed by atoms with Gasteiger partial charge in [0.25, 0.3) is 0 Å². The number of pyridine rings is 1. The molecule has 1 aliphatic heterocycles. The average Bonchev–Trinajstić information content (AvgIpc) is 2.68. The second-order valence-electron chi connectivity index (χ2n) is 7.27. The van der Waals surface area contributed by atoms with Crippen molar-refractivity contribution in [2.24, 2.45) is 5.92 Å². The molecule has 0 amide bonds. The molecular weight excluding hydrogens is 322 g/mol. The summed E-state index contributed by atoms with van der Waals surface area (Å²) in [4.78, 5) is 18.5. The van der Waals surface area contributed by atoms with Crippen LogP contribution in [-0.2, 0) is 0 Å². The number of rotatable bonds is 4. The lowest BCUT2D eigenvalue weighted by atomic mass is 9.98. The number of benzene rings is 1. The zero-order valence-electron chi connectivity index (χ0n) is 15.5. The predicted octanol–water partition coefficient (Wildman–Crippen LogP) is 3.47. The molecule has 1 saturated heterocycles. The Kier molecular flexibility index (Phi) is 4.80. The number of likely N-dealkylation sites (tertiary alicyclic amines) is 1. The van der Waals surface area contributed by atoms with E-state index in [9.17, 15) is 0 Å². The van der Waals surface area contributed by atoms with Crippen LogP contribution in [0.15, 0.2) is 48.8 Å². The standard InChI is InChI=1S/C21H25N5/c1-25-13-5-6-16(14-25)15-26(2)21-18-7-3-4-8-19(18)23-20(24-21)17-9-11-22-12-10-17/h3-4,7-12,16H,5-6,13-15H2,1-2H3. The van der Waals surface area contributed by atoms with Crippen LogP contribution < -0.4 is 4.90 Å². The first-order valence-electron chi connectivity index (χ1n) is 9.27. The van der Waals surface area contributed by atoms with Gasteiger partial charge in [-0.1, -0.05) is 12.1 Å². The molecule has 5 nitrogen and oxygen atoms in total. The molecule has 0 spiro atoms. The van der Waals surface area contributed by atoms with Crippen molar-refractivity contribution in [3.63, 3.8) is 0 Å². The monoisotopic (exact) mass is 347 g/mol. The van der Waals surface area contributed by atoms with Crippen LogP contribution in [0.3, 0.4) is 0 Å². The smallest absolute Gasteiger partial charge is 0.162 e. The first kappa shape index (κ1) is 16.9. The highest BCUT2D eigenvalue weighted by atomic mass is 15.2. The van der Waals surface area contributed by atoms with Gasteiger partial charge in [0.1, 0.15) is 5.82 Å². The van der Waals surface area contributed by atoms with Gasteiger partial charge in [-0.15, -0.1) is 0 Å². The topological polar surface area (TPSA) is 45.2 Å². The van der Waals surface area contributed by atoms with Crippen molar-refractivity contribution in [3.05, 3.63) is 48.8 Å². The van der Waals surface area contributed by atoms with Gasteiger partial charge in [0.2, 0.25) is 0 Å². The summed E-state index contributed by atoms with van der Waals surface area (Å²) in [6, 6.07) is 12.2. The Labute approximate surface area is 154 Å². The Morgan fingerprint density at radius 2 is 1.92 bits per heavy atom. The summed E-state index contributed by atoms with van der Waals surface area (Å²) in [5.74, 6) is 2.45. The van der Waals surface area contributed by atoms with Gasteiger partial charge in [0.05, 0.1) is 5.52 Å². The van der Waals surface area contributed by atoms with Crippen LogP contribution in [0.25, 0.3) is 22.3 Å². The van der Waals surface area contributed by atoms with Gasteiger partial charge >= 0.3 is 0 Å². The van der Waals surface area contributed by atoms with Crippen LogP contribution in [-0.4, -0.2) is 53.6 Å². The molecule has 5 heteroatoms. The van der Waals surface area contributed by atoms with Crippen molar-refractivity contribution in [1.82, 2.24) is 19.9 Å². The van der Waals surface area contributed by atoms with Crippen molar-refractivity contribution < 1.29 is 0 Å². The van der Waals surface area contributed by atoms with Gasteiger partial charge in [-0.3, -0.25) is 4.98 Å². The minimum atomic E-state index is 0.678. The predicted molar refractivity (Wildman–Crippen MR) is 106 cm³/mol. The van der Waals surface area contributed by atoms with Gasteiger partial charge in [-0.05, 0) is 56.6 Å². The molecule has 26 heavy (non-hydrogen) atoms. The van der Waals surface area contributed by atoms with Gasteiger partial charge in [0.15, 0.2) is 5.82 Å². The zero-order valence-corrected chi connectivity index (χ0v) is 15.5. The Morgan fingerprint density at radius 1 is 1.12 bits per heavy atom. The number of hydrogen-bond donors (Lipinski definition) is 0. The van der Waals surface area contributed by atoms with E-state index in [0.29, 0.717) is 5.92 Å². The summed E-state index contributed by atoms with van der Waals surface area (Å²) in [5.41, 5.74) is 1.98. The number of aromatic nitrogens is 3. The molecule has 1 aromatic carbocycles. The first-order chi connectivity index (χ1) is 12.7. The maximum Gasteiger partial charge on any atom is 0.162 e. The lowest BCUT2D eigenvalue weighted by Crippen LogP contribution is -2.38. The summed E-state index contributed by atoms with van der Waals surface area (Å²) in [7, 11) is 4.37. The molecule has 3 aromatic rings. The highest BCUT2D eigenvalue weighted by Crippen LogP contribution is 2.28. The molecule has 1 atom stereocenters. The molecule has 1 unspecified atom stereocenters. The fraction of sp³-hybridized carbons (Fsp3) is 0.381. The molecule has 0 bridgehead atoms. The number of nitrogens with zero attached hydrogens (tertiary/aromatic N) is 5. The third kappa shape index (κ3) is 3.53. The third-order valence-corrected chi connectivity index (χ3v) is 5.14. The molecule has 1 fully saturated rings. The zero-order chi connectivity index (χ0) is 17.9. The van der Waals surface area contributed by atoms with Crippen molar-refractivity contribution in [2.75, 3.05) is 38.6 Å². The first-order valence-corrected chi connectivity index (χ1v) is 9.27. The molecule has 2 aromatic heterocycles. The molecule has 0 radical (unpaired) electrons. The van der Waals surface area contributed by atoms with Crippen LogP contribution in [0.4, 0.5) is 5.82 Å². The van der Waals surface area contributed by atoms with Crippen molar-refractivity contribution in [2.45, 2.75) is 12.8 Å². The van der Waals surface area contributed by atoms with E-state index >= 15 is 0 Å². The van der Waals surface area contributed by atoms with Crippen LogP contribution in [0, 0.1) is 5.92 Å². The number of anilines is 1. The van der Waals surface area contributed by atoms with Crippen molar-refractivity contribution in [1.29, 1.82) is 0 Å². The van der Waals surface area contributed by atoms with Gasteiger partial charge in [0, 0.05) is 43.5 Å². The Balaban J connectivity index is 1.70. The van der Waals surface area contributed by atoms with E-state index in [1.54, 1.807) is 12.4 Å². The quantitative estimate of drug-likeness (QED) is 0.723. The summed E-state index contributed by atoms with van der Waals surface area (Å²) >= 11 is 0. The lowest BCUT2D eigenvalue weighted by molar-refractivity contribution is 0.213. The van der Waals surface area contributed by atoms with Gasteiger partial charge < -0.3 is 9.80 Å². The van der Waals surface area contributed by atoms with E-state index in [1.165, 1.54) is 19.4 Å². The van der Waals surface area contributed by atoms with Gasteiger partial charge in [-0.2, -0.15) is 0 Å². The van der Waals surface area contributed by atoms with Gasteiger partial charge in [-0.25, -0.2) is 9.97 Å². The fourth-order valence-electron chi connectivity index (χ4n) is 3.88. The van der Waals surface area contributed by atoms with E-state index in [-0.39, 0.29) is 0 Å². The highest BCUT2D eigenvalue weighted by molar-refractivity contribution is 5.90. The molecule has 0 saturated carbocycles. The summed E-state index contributed by atoms with van der Waals surface area (Å²) in [6.45, 7) is 3.38. The second kappa shape index (κ2) is 7.38. The number of hydrogen-bond acceptors (Lipinski definition) is 5. The van der Waals surface area contributed by atoms with Crippen LogP contribution in [0.2, 0.25) is 0 Å². The largest absolute Gasteiger partial charge is 0.359 e. The molecule has 0 aliphatic carbocycles. The summed E-state index contributed by atoms with van der Waals surface area (Å²) < 4.78 is 0. The number of fused-ring (bicyclic) bond motifs is 1. The minimum absolute atomic E-state index is 0.678. The van der Waals surface area contributed by atoms with E-state index in [2.05, 4.69) is 47.1 Å².